The molecule has 0 amide bonds. The van der Waals surface area contributed by atoms with E-state index in [4.69, 9.17) is 10.3 Å². The van der Waals surface area contributed by atoms with Gasteiger partial charge >= 0.3 is 0 Å². The first-order valence-corrected chi connectivity index (χ1v) is 6.62. The van der Waals surface area contributed by atoms with Gasteiger partial charge in [-0.15, -0.1) is 0 Å². The normalized spacial score (nSPS) is 17.8. The van der Waals surface area contributed by atoms with E-state index in [-0.39, 0.29) is 11.2 Å². The van der Waals surface area contributed by atoms with E-state index in [1.807, 2.05) is 6.07 Å². The van der Waals surface area contributed by atoms with Crippen molar-refractivity contribution in [3.63, 3.8) is 0 Å². The summed E-state index contributed by atoms with van der Waals surface area (Å²) >= 11 is 0. The van der Waals surface area contributed by atoms with Crippen LogP contribution in [0.5, 0.6) is 0 Å². The number of rotatable bonds is 2. The summed E-state index contributed by atoms with van der Waals surface area (Å²) in [7, 11) is 0. The molecule has 4 heteroatoms. The van der Waals surface area contributed by atoms with Crippen LogP contribution < -0.4 is 5.73 Å². The van der Waals surface area contributed by atoms with Crippen LogP contribution in [0.4, 0.5) is 10.2 Å². The van der Waals surface area contributed by atoms with Crippen LogP contribution in [0.15, 0.2) is 28.8 Å². The zero-order valence-electron chi connectivity index (χ0n) is 10.9. The van der Waals surface area contributed by atoms with Gasteiger partial charge in [0.2, 0.25) is 0 Å². The Morgan fingerprint density at radius 1 is 1.32 bits per heavy atom. The lowest BCUT2D eigenvalue weighted by atomic mass is 9.82. The second kappa shape index (κ2) is 4.37. The van der Waals surface area contributed by atoms with Crippen molar-refractivity contribution in [1.29, 1.82) is 0 Å². The second-order valence-electron chi connectivity index (χ2n) is 5.55. The van der Waals surface area contributed by atoms with Gasteiger partial charge in [0.25, 0.3) is 0 Å². The van der Waals surface area contributed by atoms with Gasteiger partial charge in [0.15, 0.2) is 11.6 Å². The predicted octanol–water partition coefficient (Wildman–Crippen LogP) is 3.89. The molecule has 3 nitrogen and oxygen atoms in total. The molecular formula is C15H17FN2O. The van der Waals surface area contributed by atoms with Crippen molar-refractivity contribution in [3.8, 4) is 11.1 Å². The molecule has 0 aliphatic heterocycles. The van der Waals surface area contributed by atoms with E-state index in [1.165, 1.54) is 25.0 Å². The number of hydrogen-bond donors (Lipinski definition) is 1. The van der Waals surface area contributed by atoms with Crippen molar-refractivity contribution in [3.05, 3.63) is 35.8 Å². The topological polar surface area (TPSA) is 52.0 Å². The third kappa shape index (κ3) is 2.01. The Morgan fingerprint density at radius 2 is 2.05 bits per heavy atom. The Bertz CT molecular complexity index is 600. The van der Waals surface area contributed by atoms with Gasteiger partial charge in [-0.1, -0.05) is 37.1 Å². The molecule has 1 saturated carbocycles. The number of benzene rings is 1. The maximum absolute atomic E-state index is 13.4. The average Bonchev–Trinajstić information content (AvgIpc) is 2.97. The number of halogens is 1. The maximum atomic E-state index is 13.4. The summed E-state index contributed by atoms with van der Waals surface area (Å²) in [6, 6.07) is 6.42. The summed E-state index contributed by atoms with van der Waals surface area (Å²) in [6.45, 7) is 2.17. The summed E-state index contributed by atoms with van der Waals surface area (Å²) in [6.07, 6.45) is 4.48. The fourth-order valence-corrected chi connectivity index (χ4v) is 3.02. The van der Waals surface area contributed by atoms with Gasteiger partial charge in [-0.05, 0) is 30.5 Å². The summed E-state index contributed by atoms with van der Waals surface area (Å²) in [5.41, 5.74) is 7.38. The SMILES string of the molecule is CC1(c2onc(N)c2-c2cccc(F)c2)CCCC1. The first kappa shape index (κ1) is 12.2. The maximum Gasteiger partial charge on any atom is 0.175 e. The fourth-order valence-electron chi connectivity index (χ4n) is 3.02. The summed E-state index contributed by atoms with van der Waals surface area (Å²) < 4.78 is 18.9. The Hall–Kier alpha value is -1.84. The van der Waals surface area contributed by atoms with Crippen LogP contribution in [0.2, 0.25) is 0 Å². The summed E-state index contributed by atoms with van der Waals surface area (Å²) in [5.74, 6) is 0.863. The highest BCUT2D eigenvalue weighted by molar-refractivity contribution is 5.76. The largest absolute Gasteiger partial charge is 0.380 e. The molecule has 0 saturated heterocycles. The first-order valence-electron chi connectivity index (χ1n) is 6.62. The number of nitrogen functional groups attached to an aromatic ring is 1. The monoisotopic (exact) mass is 260 g/mol. The highest BCUT2D eigenvalue weighted by Crippen LogP contribution is 2.46. The Balaban J connectivity index is 2.13. The third-order valence-corrected chi connectivity index (χ3v) is 4.09. The van der Waals surface area contributed by atoms with E-state index in [1.54, 1.807) is 6.07 Å². The zero-order valence-corrected chi connectivity index (χ0v) is 10.9. The quantitative estimate of drug-likeness (QED) is 0.891. The molecule has 0 atom stereocenters. The zero-order chi connectivity index (χ0) is 13.5. The number of nitrogens with two attached hydrogens (primary N) is 1. The standard InChI is InChI=1S/C15H17FN2O/c1-15(7-2-3-8-15)13-12(14(17)18-19-13)10-5-4-6-11(16)9-10/h4-6,9H,2-3,7-8H2,1H3,(H2,17,18). The molecule has 1 aliphatic rings. The van der Waals surface area contributed by atoms with Crippen molar-refractivity contribution < 1.29 is 8.91 Å². The molecule has 0 unspecified atom stereocenters. The number of hydrogen-bond acceptors (Lipinski definition) is 3. The molecule has 1 aromatic heterocycles. The van der Waals surface area contributed by atoms with Crippen molar-refractivity contribution >= 4 is 5.82 Å². The molecule has 0 radical (unpaired) electrons. The van der Waals surface area contributed by atoms with Crippen LogP contribution in [-0.4, -0.2) is 5.16 Å². The van der Waals surface area contributed by atoms with E-state index in [0.29, 0.717) is 5.82 Å². The molecule has 100 valence electrons. The van der Waals surface area contributed by atoms with Crippen LogP contribution >= 0.6 is 0 Å². The van der Waals surface area contributed by atoms with Gasteiger partial charge in [0.1, 0.15) is 5.82 Å². The molecule has 3 rings (SSSR count). The molecule has 0 spiro atoms. The van der Waals surface area contributed by atoms with E-state index in [9.17, 15) is 4.39 Å². The second-order valence-corrected chi connectivity index (χ2v) is 5.55. The van der Waals surface area contributed by atoms with Gasteiger partial charge in [0, 0.05) is 5.41 Å². The Morgan fingerprint density at radius 3 is 2.74 bits per heavy atom. The van der Waals surface area contributed by atoms with Crippen LogP contribution in [0.1, 0.15) is 38.4 Å². The van der Waals surface area contributed by atoms with Gasteiger partial charge in [0.05, 0.1) is 5.56 Å². The molecule has 1 aromatic carbocycles. The minimum atomic E-state index is -0.277. The fraction of sp³-hybridized carbons (Fsp3) is 0.400. The molecule has 19 heavy (non-hydrogen) atoms. The highest BCUT2D eigenvalue weighted by atomic mass is 19.1. The van der Waals surface area contributed by atoms with Crippen molar-refractivity contribution in [2.45, 2.75) is 38.0 Å². The van der Waals surface area contributed by atoms with E-state index >= 15 is 0 Å². The molecule has 2 N–H and O–H groups in total. The van der Waals surface area contributed by atoms with Crippen molar-refractivity contribution in [2.75, 3.05) is 5.73 Å². The predicted molar refractivity (Wildman–Crippen MR) is 72.1 cm³/mol. The van der Waals surface area contributed by atoms with Crippen molar-refractivity contribution in [1.82, 2.24) is 5.16 Å². The summed E-state index contributed by atoms with van der Waals surface area (Å²) in [4.78, 5) is 0. The lowest BCUT2D eigenvalue weighted by Gasteiger charge is -2.21. The van der Waals surface area contributed by atoms with Crippen LogP contribution in [0, 0.1) is 5.82 Å². The Labute approximate surface area is 111 Å². The van der Waals surface area contributed by atoms with Gasteiger partial charge in [-0.25, -0.2) is 4.39 Å². The van der Waals surface area contributed by atoms with E-state index in [2.05, 4.69) is 12.1 Å². The first-order chi connectivity index (χ1) is 9.10. The van der Waals surface area contributed by atoms with Crippen molar-refractivity contribution in [2.24, 2.45) is 0 Å². The molecular weight excluding hydrogens is 243 g/mol. The number of aromatic nitrogens is 1. The Kier molecular flexibility index (Phi) is 2.81. The minimum Gasteiger partial charge on any atom is -0.380 e. The van der Waals surface area contributed by atoms with Crippen LogP contribution in [0.3, 0.4) is 0 Å². The lowest BCUT2D eigenvalue weighted by molar-refractivity contribution is 0.307. The van der Waals surface area contributed by atoms with Gasteiger partial charge in [-0.2, -0.15) is 0 Å². The third-order valence-electron chi connectivity index (χ3n) is 4.09. The minimum absolute atomic E-state index is 0.0354. The summed E-state index contributed by atoms with van der Waals surface area (Å²) in [5, 5.41) is 3.89. The van der Waals surface area contributed by atoms with Gasteiger partial charge < -0.3 is 10.3 Å². The smallest absolute Gasteiger partial charge is 0.175 e. The number of anilines is 1. The highest BCUT2D eigenvalue weighted by Gasteiger charge is 2.37. The molecule has 2 aromatic rings. The van der Waals surface area contributed by atoms with E-state index < -0.39 is 0 Å². The molecule has 1 fully saturated rings. The van der Waals surface area contributed by atoms with E-state index in [0.717, 1.165) is 29.7 Å². The van der Waals surface area contributed by atoms with Crippen LogP contribution in [0.25, 0.3) is 11.1 Å². The lowest BCUT2D eigenvalue weighted by Crippen LogP contribution is -2.17. The van der Waals surface area contributed by atoms with Crippen LogP contribution in [-0.2, 0) is 5.41 Å². The van der Waals surface area contributed by atoms with Gasteiger partial charge in [-0.3, -0.25) is 0 Å². The average molecular weight is 260 g/mol. The molecule has 1 aliphatic carbocycles. The number of nitrogens with zero attached hydrogens (tertiary/aromatic N) is 1. The molecule has 0 bridgehead atoms. The molecule has 1 heterocycles.